The molecule has 2 aromatic rings. The molecular formula is C17H19NO3. The van der Waals surface area contributed by atoms with E-state index in [1.54, 1.807) is 13.1 Å². The van der Waals surface area contributed by atoms with E-state index >= 15 is 0 Å². The molecule has 0 unspecified atom stereocenters. The van der Waals surface area contributed by atoms with Gasteiger partial charge < -0.3 is 14.7 Å². The summed E-state index contributed by atoms with van der Waals surface area (Å²) in [7, 11) is 3.21. The minimum atomic E-state index is -0.281. The summed E-state index contributed by atoms with van der Waals surface area (Å²) in [4.78, 5) is 14.1. The number of aryl methyl sites for hydroxylation is 2. The number of carbonyl (C=O) groups excluding carboxylic acids is 1. The maximum atomic E-state index is 12.6. The van der Waals surface area contributed by atoms with Crippen LogP contribution in [0.2, 0.25) is 0 Å². The first kappa shape index (κ1) is 14.9. The molecule has 0 saturated carbocycles. The molecule has 0 aliphatic carbocycles. The molecule has 0 heterocycles. The molecule has 2 rings (SSSR count). The summed E-state index contributed by atoms with van der Waals surface area (Å²) >= 11 is 0. The summed E-state index contributed by atoms with van der Waals surface area (Å²) in [5.74, 6) is 0.193. The van der Waals surface area contributed by atoms with Crippen LogP contribution in [-0.4, -0.2) is 25.2 Å². The molecule has 4 heteroatoms. The Hall–Kier alpha value is -2.49. The smallest absolute Gasteiger partial charge is 0.261 e. The van der Waals surface area contributed by atoms with Gasteiger partial charge in [-0.1, -0.05) is 6.07 Å². The van der Waals surface area contributed by atoms with E-state index in [0.29, 0.717) is 5.75 Å². The largest absolute Gasteiger partial charge is 0.507 e. The van der Waals surface area contributed by atoms with E-state index in [-0.39, 0.29) is 17.2 Å². The molecule has 0 atom stereocenters. The van der Waals surface area contributed by atoms with E-state index in [4.69, 9.17) is 4.74 Å². The Morgan fingerprint density at radius 2 is 1.71 bits per heavy atom. The third kappa shape index (κ3) is 3.16. The van der Waals surface area contributed by atoms with Gasteiger partial charge in [0.25, 0.3) is 5.91 Å². The second-order valence-electron chi connectivity index (χ2n) is 5.09. The second kappa shape index (κ2) is 5.87. The van der Waals surface area contributed by atoms with Crippen LogP contribution in [0.15, 0.2) is 36.4 Å². The van der Waals surface area contributed by atoms with Crippen molar-refractivity contribution in [1.29, 1.82) is 0 Å². The number of hydrogen-bond acceptors (Lipinski definition) is 3. The maximum absolute atomic E-state index is 12.6. The van der Waals surface area contributed by atoms with Gasteiger partial charge >= 0.3 is 0 Å². The van der Waals surface area contributed by atoms with Gasteiger partial charge in [-0.05, 0) is 55.3 Å². The van der Waals surface area contributed by atoms with Gasteiger partial charge in [-0.25, -0.2) is 0 Å². The van der Waals surface area contributed by atoms with E-state index < -0.39 is 0 Å². The van der Waals surface area contributed by atoms with Crippen LogP contribution in [0.1, 0.15) is 21.5 Å². The number of nitrogens with zero attached hydrogens (tertiary/aromatic N) is 1. The van der Waals surface area contributed by atoms with E-state index in [0.717, 1.165) is 16.8 Å². The van der Waals surface area contributed by atoms with Crippen LogP contribution in [0, 0.1) is 13.8 Å². The molecule has 0 bridgehead atoms. The zero-order valence-corrected chi connectivity index (χ0v) is 12.7. The second-order valence-corrected chi connectivity index (χ2v) is 5.09. The molecule has 0 spiro atoms. The number of carbonyl (C=O) groups is 1. The number of amides is 1. The lowest BCUT2D eigenvalue weighted by Crippen LogP contribution is -2.26. The van der Waals surface area contributed by atoms with Crippen molar-refractivity contribution in [1.82, 2.24) is 0 Å². The summed E-state index contributed by atoms with van der Waals surface area (Å²) < 4.78 is 5.10. The average molecular weight is 285 g/mol. The van der Waals surface area contributed by atoms with Crippen molar-refractivity contribution in [3.05, 3.63) is 53.1 Å². The van der Waals surface area contributed by atoms with Gasteiger partial charge in [0, 0.05) is 12.7 Å². The normalized spacial score (nSPS) is 10.3. The van der Waals surface area contributed by atoms with Crippen molar-refractivity contribution in [2.24, 2.45) is 0 Å². The van der Waals surface area contributed by atoms with Gasteiger partial charge in [-0.2, -0.15) is 0 Å². The van der Waals surface area contributed by atoms with Crippen molar-refractivity contribution < 1.29 is 14.6 Å². The van der Waals surface area contributed by atoms with Crippen molar-refractivity contribution in [3.63, 3.8) is 0 Å². The SMILES string of the molecule is COc1ccc(O)c(C(=O)N(C)c2cc(C)cc(C)c2)c1. The van der Waals surface area contributed by atoms with Crippen LogP contribution in [0.25, 0.3) is 0 Å². The number of ether oxygens (including phenoxy) is 1. The molecule has 2 aromatic carbocycles. The van der Waals surface area contributed by atoms with Gasteiger partial charge in [0.2, 0.25) is 0 Å². The predicted octanol–water partition coefficient (Wildman–Crippen LogP) is 3.29. The van der Waals surface area contributed by atoms with Crippen molar-refractivity contribution in [2.75, 3.05) is 19.1 Å². The van der Waals surface area contributed by atoms with Crippen LogP contribution in [-0.2, 0) is 0 Å². The first-order valence-electron chi connectivity index (χ1n) is 6.65. The number of anilines is 1. The number of rotatable bonds is 3. The monoisotopic (exact) mass is 285 g/mol. The van der Waals surface area contributed by atoms with Gasteiger partial charge in [0.05, 0.1) is 12.7 Å². The number of phenolic OH excluding ortho intramolecular Hbond substituents is 1. The molecule has 1 N–H and O–H groups in total. The first-order chi connectivity index (χ1) is 9.92. The van der Waals surface area contributed by atoms with Gasteiger partial charge in [-0.3, -0.25) is 4.79 Å². The molecule has 110 valence electrons. The summed E-state index contributed by atoms with van der Waals surface area (Å²) in [6, 6.07) is 10.5. The Kier molecular flexibility index (Phi) is 4.17. The number of hydrogen-bond donors (Lipinski definition) is 1. The summed E-state index contributed by atoms with van der Waals surface area (Å²) in [6.07, 6.45) is 0. The molecule has 0 saturated heterocycles. The molecule has 21 heavy (non-hydrogen) atoms. The minimum Gasteiger partial charge on any atom is -0.507 e. The van der Waals surface area contributed by atoms with E-state index in [1.807, 2.05) is 32.0 Å². The number of benzene rings is 2. The Morgan fingerprint density at radius 1 is 1.10 bits per heavy atom. The maximum Gasteiger partial charge on any atom is 0.261 e. The van der Waals surface area contributed by atoms with Gasteiger partial charge in [0.15, 0.2) is 0 Å². The predicted molar refractivity (Wildman–Crippen MR) is 83.3 cm³/mol. The van der Waals surface area contributed by atoms with Crippen LogP contribution < -0.4 is 9.64 Å². The molecular weight excluding hydrogens is 266 g/mol. The zero-order valence-electron chi connectivity index (χ0n) is 12.7. The summed E-state index contributed by atoms with van der Waals surface area (Å²) in [5.41, 5.74) is 3.18. The highest BCUT2D eigenvalue weighted by atomic mass is 16.5. The fraction of sp³-hybridized carbons (Fsp3) is 0.235. The van der Waals surface area contributed by atoms with E-state index in [9.17, 15) is 9.90 Å². The Balaban J connectivity index is 2.39. The lowest BCUT2D eigenvalue weighted by Gasteiger charge is -2.19. The number of methoxy groups -OCH3 is 1. The quantitative estimate of drug-likeness (QED) is 0.941. The number of aromatic hydroxyl groups is 1. The van der Waals surface area contributed by atoms with Crippen molar-refractivity contribution >= 4 is 11.6 Å². The fourth-order valence-corrected chi connectivity index (χ4v) is 2.26. The van der Waals surface area contributed by atoms with Crippen LogP contribution in [0.5, 0.6) is 11.5 Å². The Bertz CT molecular complexity index is 659. The summed E-state index contributed by atoms with van der Waals surface area (Å²) in [6.45, 7) is 3.97. The third-order valence-corrected chi connectivity index (χ3v) is 3.33. The molecule has 0 aliphatic rings. The average Bonchev–Trinajstić information content (AvgIpc) is 2.45. The lowest BCUT2D eigenvalue weighted by atomic mass is 10.1. The first-order valence-corrected chi connectivity index (χ1v) is 6.65. The van der Waals surface area contributed by atoms with Crippen molar-refractivity contribution in [2.45, 2.75) is 13.8 Å². The molecule has 1 amide bonds. The minimum absolute atomic E-state index is 0.0583. The topological polar surface area (TPSA) is 49.8 Å². The zero-order chi connectivity index (χ0) is 15.6. The standard InChI is InChI=1S/C17H19NO3/c1-11-7-12(2)9-13(8-11)18(3)17(20)15-10-14(21-4)5-6-16(15)19/h5-10,19H,1-4H3. The van der Waals surface area contributed by atoms with E-state index in [2.05, 4.69) is 0 Å². The highest BCUT2D eigenvalue weighted by Crippen LogP contribution is 2.26. The number of phenols is 1. The van der Waals surface area contributed by atoms with Gasteiger partial charge in [-0.15, -0.1) is 0 Å². The Morgan fingerprint density at radius 3 is 2.29 bits per heavy atom. The summed E-state index contributed by atoms with van der Waals surface area (Å²) in [5, 5.41) is 9.90. The van der Waals surface area contributed by atoms with Crippen LogP contribution in [0.4, 0.5) is 5.69 Å². The highest BCUT2D eigenvalue weighted by molar-refractivity contribution is 6.07. The lowest BCUT2D eigenvalue weighted by molar-refractivity contribution is 0.0990. The molecule has 0 fully saturated rings. The van der Waals surface area contributed by atoms with Crippen LogP contribution >= 0.6 is 0 Å². The van der Waals surface area contributed by atoms with Crippen molar-refractivity contribution in [3.8, 4) is 11.5 Å². The molecule has 0 aromatic heterocycles. The van der Waals surface area contributed by atoms with Crippen LogP contribution in [0.3, 0.4) is 0 Å². The molecule has 0 radical (unpaired) electrons. The third-order valence-electron chi connectivity index (χ3n) is 3.33. The molecule has 0 aliphatic heterocycles. The fourth-order valence-electron chi connectivity index (χ4n) is 2.26. The Labute approximate surface area is 124 Å². The van der Waals surface area contributed by atoms with E-state index in [1.165, 1.54) is 24.1 Å². The van der Waals surface area contributed by atoms with Gasteiger partial charge in [0.1, 0.15) is 11.5 Å². The highest BCUT2D eigenvalue weighted by Gasteiger charge is 2.18. The molecule has 4 nitrogen and oxygen atoms in total.